The van der Waals surface area contributed by atoms with Gasteiger partial charge in [0.2, 0.25) is 0 Å². The fourth-order valence-corrected chi connectivity index (χ4v) is 12.8. The summed E-state index contributed by atoms with van der Waals surface area (Å²) in [4.78, 5) is 72.7. The zero-order valence-corrected chi connectivity index (χ0v) is 62.7. The second-order valence-electron chi connectivity index (χ2n) is 28.6. The number of aliphatic hydroxyl groups excluding tert-OH is 1. The number of carbonyl (C=O) groups excluding carboxylic acids is 4. The van der Waals surface area contributed by atoms with Crippen LogP contribution in [0.4, 0.5) is 0 Å². The second-order valence-corrected chi connectivity index (χ2v) is 31.5. The van der Waals surface area contributed by atoms with Gasteiger partial charge in [-0.2, -0.15) is 0 Å². The fraction of sp³-hybridized carbons (Fsp3) is 0.946. The Morgan fingerprint density at radius 1 is 0.269 bits per heavy atom. The SMILES string of the molecule is CC(C)CCCCCCCCCCCCCCC(=O)O[C@H](COC(=O)CCCCCCCCCCCCCC(C)C)COP(=O)(O)OC[C@@H](O)COP(=O)(O)OC[C@@H](COC(=O)CCCCCCCCC(C)C)OC(=O)CCCCCCCCCCCCCCC(C)C. The van der Waals surface area contributed by atoms with Crippen LogP contribution in [0.3, 0.4) is 0 Å². The first-order chi connectivity index (χ1) is 44.6. The van der Waals surface area contributed by atoms with Crippen LogP contribution in [0.2, 0.25) is 0 Å². The average molecular weight is 1370 g/mol. The van der Waals surface area contributed by atoms with E-state index < -0.39 is 97.5 Å². The van der Waals surface area contributed by atoms with Crippen molar-refractivity contribution in [1.29, 1.82) is 0 Å². The van der Waals surface area contributed by atoms with E-state index in [-0.39, 0.29) is 25.7 Å². The molecule has 0 fully saturated rings. The molecule has 0 aliphatic heterocycles. The van der Waals surface area contributed by atoms with E-state index in [1.165, 1.54) is 167 Å². The molecule has 0 aromatic heterocycles. The number of unbranched alkanes of at least 4 members (excludes halogenated alkanes) is 37. The van der Waals surface area contributed by atoms with Crippen LogP contribution in [0.15, 0.2) is 0 Å². The van der Waals surface area contributed by atoms with Crippen LogP contribution in [0.25, 0.3) is 0 Å². The van der Waals surface area contributed by atoms with Crippen molar-refractivity contribution >= 4 is 39.5 Å². The summed E-state index contributed by atoms with van der Waals surface area (Å²) in [5, 5.41) is 10.6. The van der Waals surface area contributed by atoms with Crippen LogP contribution in [-0.2, 0) is 65.4 Å². The number of rotatable bonds is 71. The molecular weight excluding hydrogens is 1220 g/mol. The predicted octanol–water partition coefficient (Wildman–Crippen LogP) is 21.3. The molecule has 0 amide bonds. The Bertz CT molecular complexity index is 1830. The topological polar surface area (TPSA) is 237 Å². The highest BCUT2D eigenvalue weighted by Crippen LogP contribution is 2.45. The summed E-state index contributed by atoms with van der Waals surface area (Å²) in [7, 11) is -9.91. The molecule has 0 bridgehead atoms. The van der Waals surface area contributed by atoms with Crippen LogP contribution >= 0.6 is 15.6 Å². The monoisotopic (exact) mass is 1370 g/mol. The number of hydrogen-bond donors (Lipinski definition) is 3. The van der Waals surface area contributed by atoms with E-state index in [9.17, 15) is 43.2 Å². The Balaban J connectivity index is 5.25. The fourth-order valence-electron chi connectivity index (χ4n) is 11.2. The zero-order chi connectivity index (χ0) is 68.9. The summed E-state index contributed by atoms with van der Waals surface area (Å²) in [5.74, 6) is 0.879. The molecule has 0 aliphatic rings. The third-order valence-corrected chi connectivity index (χ3v) is 19.0. The van der Waals surface area contributed by atoms with Gasteiger partial charge in [-0.05, 0) is 49.4 Å². The normalized spacial score (nSPS) is 14.2. The minimum absolute atomic E-state index is 0.105. The number of esters is 4. The van der Waals surface area contributed by atoms with Crippen molar-refractivity contribution in [2.24, 2.45) is 23.7 Å². The van der Waals surface area contributed by atoms with E-state index in [1.807, 2.05) is 0 Å². The molecule has 93 heavy (non-hydrogen) atoms. The van der Waals surface area contributed by atoms with E-state index in [2.05, 4.69) is 55.4 Å². The predicted molar refractivity (Wildman–Crippen MR) is 377 cm³/mol. The number of carbonyl (C=O) groups is 4. The number of ether oxygens (including phenoxy) is 4. The van der Waals surface area contributed by atoms with Gasteiger partial charge in [0.1, 0.15) is 19.3 Å². The highest BCUT2D eigenvalue weighted by atomic mass is 31.2. The standard InChI is InChI=1S/C74H144O17P2/c1-64(2)50-42-34-26-20-14-9-11-17-24-30-40-48-56-73(78)90-69(60-84-71(76)54-46-38-29-23-19-13-16-22-28-36-44-52-66(5)6)62-88-92(80,81)86-58-68(75)59-87-93(82,83)89-63-70(61-85-72(77)55-47-39-33-32-37-45-53-67(7)8)91-74(79)57-49-41-31-25-18-12-10-15-21-27-35-43-51-65(3)4/h64-70,75H,9-63H2,1-8H3,(H,80,81)(H,82,83)/t68-,69-,70-/m1/s1. The second kappa shape index (κ2) is 63.5. The van der Waals surface area contributed by atoms with Crippen molar-refractivity contribution in [2.75, 3.05) is 39.6 Å². The van der Waals surface area contributed by atoms with Crippen LogP contribution < -0.4 is 0 Å². The summed E-state index contributed by atoms with van der Waals surface area (Å²) >= 11 is 0. The van der Waals surface area contributed by atoms with Crippen molar-refractivity contribution in [3.8, 4) is 0 Å². The van der Waals surface area contributed by atoms with E-state index in [4.69, 9.17) is 37.0 Å². The maximum Gasteiger partial charge on any atom is 0.472 e. The molecule has 0 saturated carbocycles. The van der Waals surface area contributed by atoms with Gasteiger partial charge < -0.3 is 33.8 Å². The maximum absolute atomic E-state index is 13.1. The van der Waals surface area contributed by atoms with Gasteiger partial charge in [-0.3, -0.25) is 37.3 Å². The molecule has 17 nitrogen and oxygen atoms in total. The lowest BCUT2D eigenvalue weighted by molar-refractivity contribution is -0.161. The van der Waals surface area contributed by atoms with Crippen LogP contribution in [0.1, 0.15) is 370 Å². The Morgan fingerprint density at radius 2 is 0.452 bits per heavy atom. The number of phosphoric ester groups is 2. The third-order valence-electron chi connectivity index (χ3n) is 17.1. The lowest BCUT2D eigenvalue weighted by Gasteiger charge is -2.21. The van der Waals surface area contributed by atoms with E-state index >= 15 is 0 Å². The van der Waals surface area contributed by atoms with E-state index in [1.54, 1.807) is 0 Å². The first kappa shape index (κ1) is 91.1. The summed E-state index contributed by atoms with van der Waals surface area (Å²) in [6, 6.07) is 0. The van der Waals surface area contributed by atoms with Crippen molar-refractivity contribution in [1.82, 2.24) is 0 Å². The molecule has 2 unspecified atom stereocenters. The van der Waals surface area contributed by atoms with Crippen molar-refractivity contribution in [3.63, 3.8) is 0 Å². The summed E-state index contributed by atoms with van der Waals surface area (Å²) in [6.45, 7) is 14.1. The largest absolute Gasteiger partial charge is 0.472 e. The molecule has 0 radical (unpaired) electrons. The Kier molecular flexibility index (Phi) is 62.2. The number of phosphoric acid groups is 2. The summed E-state index contributed by atoms with van der Waals surface area (Å²) in [5.41, 5.74) is 0. The minimum Gasteiger partial charge on any atom is -0.462 e. The molecular formula is C74H144O17P2. The molecule has 0 heterocycles. The highest BCUT2D eigenvalue weighted by Gasteiger charge is 2.30. The summed E-state index contributed by atoms with van der Waals surface area (Å²) in [6.07, 6.45) is 47.3. The van der Waals surface area contributed by atoms with Crippen LogP contribution in [0, 0.1) is 23.7 Å². The van der Waals surface area contributed by atoms with Gasteiger partial charge in [0.05, 0.1) is 26.4 Å². The lowest BCUT2D eigenvalue weighted by atomic mass is 10.0. The van der Waals surface area contributed by atoms with Crippen LogP contribution in [0.5, 0.6) is 0 Å². The smallest absolute Gasteiger partial charge is 0.462 e. The first-order valence-electron chi connectivity index (χ1n) is 38.2. The van der Waals surface area contributed by atoms with Gasteiger partial charge in [0, 0.05) is 25.7 Å². The molecule has 5 atom stereocenters. The number of aliphatic hydroxyl groups is 1. The van der Waals surface area contributed by atoms with Crippen molar-refractivity contribution in [2.45, 2.75) is 388 Å². The maximum atomic E-state index is 13.1. The zero-order valence-electron chi connectivity index (χ0n) is 60.9. The van der Waals surface area contributed by atoms with Crippen molar-refractivity contribution < 1.29 is 80.2 Å². The molecule has 552 valence electrons. The molecule has 0 aromatic carbocycles. The lowest BCUT2D eigenvalue weighted by Crippen LogP contribution is -2.30. The van der Waals surface area contributed by atoms with Gasteiger partial charge in [-0.25, -0.2) is 9.13 Å². The van der Waals surface area contributed by atoms with Gasteiger partial charge in [0.25, 0.3) is 0 Å². The molecule has 19 heteroatoms. The third kappa shape index (κ3) is 68.4. The first-order valence-corrected chi connectivity index (χ1v) is 41.2. The highest BCUT2D eigenvalue weighted by molar-refractivity contribution is 7.47. The molecule has 0 aliphatic carbocycles. The van der Waals surface area contributed by atoms with E-state index in [0.717, 1.165) is 114 Å². The van der Waals surface area contributed by atoms with Gasteiger partial charge in [-0.15, -0.1) is 0 Å². The van der Waals surface area contributed by atoms with Crippen molar-refractivity contribution in [3.05, 3.63) is 0 Å². The Morgan fingerprint density at radius 3 is 0.667 bits per heavy atom. The summed E-state index contributed by atoms with van der Waals surface area (Å²) < 4.78 is 68.4. The molecule has 0 spiro atoms. The average Bonchev–Trinajstić information content (AvgIpc) is 1.84. The van der Waals surface area contributed by atoms with Gasteiger partial charge >= 0.3 is 39.5 Å². The quantitative estimate of drug-likeness (QED) is 0.0222. The Hall–Kier alpha value is -1.94. The molecule has 3 N–H and O–H groups in total. The Labute approximate surface area is 568 Å². The molecule has 0 saturated heterocycles. The molecule has 0 aromatic rings. The molecule has 0 rings (SSSR count). The number of hydrogen-bond acceptors (Lipinski definition) is 15. The van der Waals surface area contributed by atoms with Gasteiger partial charge in [0.15, 0.2) is 12.2 Å². The minimum atomic E-state index is -4.96. The van der Waals surface area contributed by atoms with Crippen LogP contribution in [-0.4, -0.2) is 96.7 Å². The van der Waals surface area contributed by atoms with E-state index in [0.29, 0.717) is 31.6 Å². The van der Waals surface area contributed by atoms with Gasteiger partial charge in [-0.1, -0.05) is 319 Å².